The highest BCUT2D eigenvalue weighted by atomic mass is 35.5. The van der Waals surface area contributed by atoms with E-state index < -0.39 is 11.7 Å². The van der Waals surface area contributed by atoms with Crippen molar-refractivity contribution in [2.45, 2.75) is 12.7 Å². The predicted molar refractivity (Wildman–Crippen MR) is 167 cm³/mol. The molecule has 0 bridgehead atoms. The van der Waals surface area contributed by atoms with Gasteiger partial charge < -0.3 is 24.8 Å². The van der Waals surface area contributed by atoms with Crippen LogP contribution in [0.2, 0.25) is 5.02 Å². The van der Waals surface area contributed by atoms with Crippen LogP contribution >= 0.6 is 11.6 Å². The molecule has 2 aliphatic heterocycles. The van der Waals surface area contributed by atoms with Gasteiger partial charge >= 0.3 is 6.18 Å². The third kappa shape index (κ3) is 6.26. The molecule has 0 aliphatic carbocycles. The number of ether oxygens (including phenoxy) is 1. The molecule has 3 aromatic carbocycles. The number of carbonyl (C=O) groups excluding carboxylic acids is 1. The zero-order chi connectivity index (χ0) is 30.8. The molecule has 0 radical (unpaired) electrons. The van der Waals surface area contributed by atoms with Crippen molar-refractivity contribution in [2.24, 2.45) is 0 Å². The van der Waals surface area contributed by atoms with Gasteiger partial charge in [-0.3, -0.25) is 4.79 Å². The van der Waals surface area contributed by atoms with Crippen molar-refractivity contribution in [1.29, 1.82) is 0 Å². The molecule has 1 amide bonds. The Morgan fingerprint density at radius 2 is 1.66 bits per heavy atom. The molecule has 6 rings (SSSR count). The maximum atomic E-state index is 13.7. The van der Waals surface area contributed by atoms with Crippen LogP contribution in [-0.4, -0.2) is 62.2 Å². The summed E-state index contributed by atoms with van der Waals surface area (Å²) >= 11 is 6.07. The Morgan fingerprint density at radius 3 is 2.34 bits per heavy atom. The van der Waals surface area contributed by atoms with E-state index in [4.69, 9.17) is 16.3 Å². The number of methoxy groups -OCH3 is 1. The summed E-state index contributed by atoms with van der Waals surface area (Å²) < 4.78 is 46.4. The first-order chi connectivity index (χ1) is 21.2. The van der Waals surface area contributed by atoms with E-state index in [0.717, 1.165) is 41.7 Å². The Morgan fingerprint density at radius 1 is 0.932 bits per heavy atom. The van der Waals surface area contributed by atoms with Crippen LogP contribution in [0.4, 0.5) is 30.4 Å². The number of anilines is 3. The highest BCUT2D eigenvalue weighted by molar-refractivity contribution is 6.30. The fourth-order valence-corrected chi connectivity index (χ4v) is 5.90. The van der Waals surface area contributed by atoms with Crippen LogP contribution in [0.15, 0.2) is 79.0 Å². The standard InChI is InChI=1S/C33H31ClF3N5O2/c1-44-28-9-7-27(8-10-28)40-14-16-41(17-15-40)32(43)23-4-2-22(3-5-23)24-19-30-31(39-20-24)38-12-13-42(30)21-25-18-26(34)6-11-29(25)33(35,36)37/h2-11,18-20H,12-17,21H2,1H3,(H,38,39). The highest BCUT2D eigenvalue weighted by Gasteiger charge is 2.34. The van der Waals surface area contributed by atoms with Gasteiger partial charge in [0.15, 0.2) is 0 Å². The molecule has 1 saturated heterocycles. The number of amides is 1. The van der Waals surface area contributed by atoms with E-state index in [1.54, 1.807) is 13.3 Å². The van der Waals surface area contributed by atoms with E-state index >= 15 is 0 Å². The zero-order valence-corrected chi connectivity index (χ0v) is 24.8. The summed E-state index contributed by atoms with van der Waals surface area (Å²) in [4.78, 5) is 23.8. The van der Waals surface area contributed by atoms with Gasteiger partial charge in [-0.15, -0.1) is 0 Å². The number of halogens is 4. The highest BCUT2D eigenvalue weighted by Crippen LogP contribution is 2.37. The first-order valence-electron chi connectivity index (χ1n) is 14.3. The minimum atomic E-state index is -4.49. The normalized spacial score (nSPS) is 15.1. The molecule has 0 atom stereocenters. The average molecular weight is 622 g/mol. The third-order valence-electron chi connectivity index (χ3n) is 8.09. The van der Waals surface area contributed by atoms with Gasteiger partial charge in [0.05, 0.1) is 18.4 Å². The predicted octanol–water partition coefficient (Wildman–Crippen LogP) is 6.82. The number of fused-ring (bicyclic) bond motifs is 1. The zero-order valence-electron chi connectivity index (χ0n) is 24.1. The van der Waals surface area contributed by atoms with Crippen LogP contribution < -0.4 is 19.9 Å². The second-order valence-corrected chi connectivity index (χ2v) is 11.2. The van der Waals surface area contributed by atoms with Gasteiger partial charge in [0.25, 0.3) is 5.91 Å². The van der Waals surface area contributed by atoms with Gasteiger partial charge in [0.2, 0.25) is 0 Å². The summed E-state index contributed by atoms with van der Waals surface area (Å²) in [7, 11) is 1.64. The monoisotopic (exact) mass is 621 g/mol. The topological polar surface area (TPSA) is 60.9 Å². The first kappa shape index (κ1) is 29.6. The van der Waals surface area contributed by atoms with Crippen molar-refractivity contribution in [3.05, 3.63) is 101 Å². The number of hydrogen-bond donors (Lipinski definition) is 1. The summed E-state index contributed by atoms with van der Waals surface area (Å²) in [5.41, 5.74) is 3.46. The maximum absolute atomic E-state index is 13.7. The Hall–Kier alpha value is -4.44. The molecule has 1 N–H and O–H groups in total. The number of alkyl halides is 3. The molecule has 2 aliphatic rings. The molecule has 4 aromatic rings. The molecule has 11 heteroatoms. The van der Waals surface area contributed by atoms with E-state index in [9.17, 15) is 18.0 Å². The molecule has 0 spiro atoms. The largest absolute Gasteiger partial charge is 0.497 e. The first-order valence-corrected chi connectivity index (χ1v) is 14.7. The second kappa shape index (κ2) is 12.3. The molecule has 1 fully saturated rings. The second-order valence-electron chi connectivity index (χ2n) is 10.8. The molecular weight excluding hydrogens is 591 g/mol. The lowest BCUT2D eigenvalue weighted by Crippen LogP contribution is -2.48. The fourth-order valence-electron chi connectivity index (χ4n) is 5.71. The SMILES string of the molecule is COc1ccc(N2CCN(C(=O)c3ccc(-c4cnc5c(c4)N(Cc4cc(Cl)ccc4C(F)(F)F)CCN5)cc3)CC2)cc1. The lowest BCUT2D eigenvalue weighted by molar-refractivity contribution is -0.138. The quantitative estimate of drug-likeness (QED) is 0.255. The minimum absolute atomic E-state index is 0.0214. The Balaban J connectivity index is 1.15. The summed E-state index contributed by atoms with van der Waals surface area (Å²) in [6.45, 7) is 3.80. The van der Waals surface area contributed by atoms with Gasteiger partial charge in [0, 0.05) is 73.8 Å². The van der Waals surface area contributed by atoms with E-state index in [1.165, 1.54) is 12.1 Å². The summed E-state index contributed by atoms with van der Waals surface area (Å²) in [5.74, 6) is 1.39. The lowest BCUT2D eigenvalue weighted by Gasteiger charge is -2.36. The minimum Gasteiger partial charge on any atom is -0.497 e. The van der Waals surface area contributed by atoms with Crippen molar-refractivity contribution in [1.82, 2.24) is 9.88 Å². The van der Waals surface area contributed by atoms with Gasteiger partial charge in [-0.05, 0) is 71.8 Å². The Kier molecular flexibility index (Phi) is 8.27. The Bertz CT molecular complexity index is 1640. The summed E-state index contributed by atoms with van der Waals surface area (Å²) in [6.07, 6.45) is -2.76. The van der Waals surface area contributed by atoms with E-state index in [-0.39, 0.29) is 23.0 Å². The fraction of sp³-hybridized carbons (Fsp3) is 0.273. The molecule has 0 unspecified atom stereocenters. The van der Waals surface area contributed by atoms with E-state index in [2.05, 4.69) is 15.2 Å². The average Bonchev–Trinajstić information content (AvgIpc) is 3.04. The number of benzene rings is 3. The van der Waals surface area contributed by atoms with Gasteiger partial charge in [-0.25, -0.2) is 4.98 Å². The molecule has 3 heterocycles. The van der Waals surface area contributed by atoms with Gasteiger partial charge in [0.1, 0.15) is 11.6 Å². The number of nitrogens with zero attached hydrogens (tertiary/aromatic N) is 4. The number of piperazine rings is 1. The lowest BCUT2D eigenvalue weighted by atomic mass is 10.0. The van der Waals surface area contributed by atoms with Crippen molar-refractivity contribution in [2.75, 3.05) is 61.5 Å². The number of rotatable bonds is 6. The number of hydrogen-bond acceptors (Lipinski definition) is 6. The van der Waals surface area contributed by atoms with E-state index in [0.29, 0.717) is 43.2 Å². The maximum Gasteiger partial charge on any atom is 0.416 e. The summed E-state index contributed by atoms with van der Waals surface area (Å²) in [5, 5.41) is 3.49. The van der Waals surface area contributed by atoms with Crippen LogP contribution in [0.5, 0.6) is 5.75 Å². The molecular formula is C33H31ClF3N5O2. The Labute approximate surface area is 258 Å². The summed E-state index contributed by atoms with van der Waals surface area (Å²) in [6, 6.07) is 20.9. The molecule has 228 valence electrons. The van der Waals surface area contributed by atoms with E-state index in [1.807, 2.05) is 64.4 Å². The van der Waals surface area contributed by atoms with Crippen molar-refractivity contribution in [3.8, 4) is 16.9 Å². The van der Waals surface area contributed by atoms with Crippen molar-refractivity contribution in [3.63, 3.8) is 0 Å². The van der Waals surface area contributed by atoms with Crippen molar-refractivity contribution < 1.29 is 22.7 Å². The molecule has 0 saturated carbocycles. The number of pyridine rings is 1. The van der Waals surface area contributed by atoms with Gasteiger partial charge in [-0.2, -0.15) is 13.2 Å². The van der Waals surface area contributed by atoms with Crippen LogP contribution in [0, 0.1) is 0 Å². The number of aromatic nitrogens is 1. The molecule has 7 nitrogen and oxygen atoms in total. The molecule has 44 heavy (non-hydrogen) atoms. The van der Waals surface area contributed by atoms with Crippen LogP contribution in [0.1, 0.15) is 21.5 Å². The smallest absolute Gasteiger partial charge is 0.416 e. The van der Waals surface area contributed by atoms with Crippen molar-refractivity contribution >= 4 is 34.7 Å². The third-order valence-corrected chi connectivity index (χ3v) is 8.32. The van der Waals surface area contributed by atoms with Crippen LogP contribution in [-0.2, 0) is 12.7 Å². The number of nitrogens with one attached hydrogen (secondary N) is 1. The number of carbonyl (C=O) groups is 1. The van der Waals surface area contributed by atoms with Crippen LogP contribution in [0.25, 0.3) is 11.1 Å². The van der Waals surface area contributed by atoms with Gasteiger partial charge in [-0.1, -0.05) is 23.7 Å². The molecule has 1 aromatic heterocycles. The van der Waals surface area contributed by atoms with Crippen LogP contribution in [0.3, 0.4) is 0 Å².